The summed E-state index contributed by atoms with van der Waals surface area (Å²) in [6, 6.07) is 0. The highest BCUT2D eigenvalue weighted by atomic mass is 16.3. The molecule has 0 rings (SSSR count). The average molecular weight is 152 g/mol. The van der Waals surface area contributed by atoms with Crippen molar-refractivity contribution in [2.24, 2.45) is 5.41 Å². The standard InChI is InChI=1S/C10H16O/c1-9(11)7-5-6-8-10(2,3)4/h6,8-9,11H,1-4H3. The monoisotopic (exact) mass is 152 g/mol. The molecule has 0 heterocycles. The van der Waals surface area contributed by atoms with Crippen LogP contribution < -0.4 is 0 Å². The van der Waals surface area contributed by atoms with Crippen LogP contribution in [0.25, 0.3) is 0 Å². The van der Waals surface area contributed by atoms with Crippen LogP contribution in [0.4, 0.5) is 0 Å². The number of aliphatic hydroxyl groups is 1. The fraction of sp³-hybridized carbons (Fsp3) is 0.600. The van der Waals surface area contributed by atoms with E-state index in [1.807, 2.05) is 6.08 Å². The van der Waals surface area contributed by atoms with Gasteiger partial charge in [-0.25, -0.2) is 0 Å². The largest absolute Gasteiger partial charge is 0.381 e. The Balaban J connectivity index is 3.90. The maximum absolute atomic E-state index is 8.77. The fourth-order valence-corrected chi connectivity index (χ4v) is 0.460. The molecule has 0 radical (unpaired) electrons. The lowest BCUT2D eigenvalue weighted by Gasteiger charge is -2.09. The Morgan fingerprint density at radius 3 is 2.27 bits per heavy atom. The van der Waals surface area contributed by atoms with Gasteiger partial charge in [-0.1, -0.05) is 38.7 Å². The van der Waals surface area contributed by atoms with Crippen molar-refractivity contribution in [2.45, 2.75) is 33.8 Å². The van der Waals surface area contributed by atoms with E-state index in [0.29, 0.717) is 0 Å². The average Bonchev–Trinajstić information content (AvgIpc) is 1.78. The number of allylic oxidation sites excluding steroid dienone is 2. The van der Waals surface area contributed by atoms with Crippen molar-refractivity contribution in [3.8, 4) is 11.8 Å². The summed E-state index contributed by atoms with van der Waals surface area (Å²) in [4.78, 5) is 0. The van der Waals surface area contributed by atoms with Gasteiger partial charge in [-0.15, -0.1) is 0 Å². The van der Waals surface area contributed by atoms with Crippen LogP contribution in [0.3, 0.4) is 0 Å². The third kappa shape index (κ3) is 9.26. The van der Waals surface area contributed by atoms with E-state index in [4.69, 9.17) is 5.11 Å². The number of hydrogen-bond acceptors (Lipinski definition) is 1. The molecule has 0 aromatic rings. The normalized spacial score (nSPS) is 14.3. The summed E-state index contributed by atoms with van der Waals surface area (Å²) in [6.07, 6.45) is 3.27. The van der Waals surface area contributed by atoms with E-state index >= 15 is 0 Å². The minimum absolute atomic E-state index is 0.174. The predicted octanol–water partition coefficient (Wildman–Crippen LogP) is 1.97. The molecule has 11 heavy (non-hydrogen) atoms. The van der Waals surface area contributed by atoms with Crippen LogP contribution in [-0.2, 0) is 0 Å². The summed E-state index contributed by atoms with van der Waals surface area (Å²) in [7, 11) is 0. The van der Waals surface area contributed by atoms with Crippen LogP contribution in [0, 0.1) is 17.3 Å². The molecule has 0 spiro atoms. The van der Waals surface area contributed by atoms with Crippen molar-refractivity contribution in [2.75, 3.05) is 0 Å². The highest BCUT2D eigenvalue weighted by Gasteiger charge is 2.01. The molecule has 0 saturated carbocycles. The van der Waals surface area contributed by atoms with E-state index < -0.39 is 6.10 Å². The molecule has 1 N–H and O–H groups in total. The topological polar surface area (TPSA) is 20.2 Å². The van der Waals surface area contributed by atoms with Gasteiger partial charge in [0, 0.05) is 0 Å². The predicted molar refractivity (Wildman–Crippen MR) is 48.1 cm³/mol. The van der Waals surface area contributed by atoms with Gasteiger partial charge in [-0.05, 0) is 18.4 Å². The maximum atomic E-state index is 8.77. The zero-order valence-corrected chi connectivity index (χ0v) is 7.68. The summed E-state index contributed by atoms with van der Waals surface area (Å²) >= 11 is 0. The summed E-state index contributed by atoms with van der Waals surface area (Å²) in [5.74, 6) is 5.40. The second-order valence-electron chi connectivity index (χ2n) is 3.66. The van der Waals surface area contributed by atoms with Crippen LogP contribution in [0.2, 0.25) is 0 Å². The van der Waals surface area contributed by atoms with E-state index in [1.54, 1.807) is 13.0 Å². The van der Waals surface area contributed by atoms with Crippen LogP contribution in [-0.4, -0.2) is 11.2 Å². The molecule has 1 nitrogen and oxygen atoms in total. The van der Waals surface area contributed by atoms with Gasteiger partial charge in [-0.2, -0.15) is 0 Å². The van der Waals surface area contributed by atoms with Gasteiger partial charge >= 0.3 is 0 Å². The van der Waals surface area contributed by atoms with Crippen LogP contribution in [0.1, 0.15) is 27.7 Å². The quantitative estimate of drug-likeness (QED) is 0.526. The molecule has 0 aliphatic rings. The molecule has 0 aromatic heterocycles. The molecule has 0 bridgehead atoms. The first-order chi connectivity index (χ1) is 4.92. The summed E-state index contributed by atoms with van der Waals surface area (Å²) < 4.78 is 0. The van der Waals surface area contributed by atoms with E-state index in [0.717, 1.165) is 0 Å². The third-order valence-electron chi connectivity index (χ3n) is 0.959. The van der Waals surface area contributed by atoms with E-state index in [-0.39, 0.29) is 5.41 Å². The molecule has 0 aliphatic carbocycles. The van der Waals surface area contributed by atoms with Crippen molar-refractivity contribution in [3.63, 3.8) is 0 Å². The molecule has 1 unspecified atom stereocenters. The van der Waals surface area contributed by atoms with Crippen molar-refractivity contribution < 1.29 is 5.11 Å². The first-order valence-corrected chi connectivity index (χ1v) is 3.78. The Bertz CT molecular complexity index is 183. The first-order valence-electron chi connectivity index (χ1n) is 3.78. The lowest BCUT2D eigenvalue weighted by atomic mass is 9.96. The number of hydrogen-bond donors (Lipinski definition) is 1. The molecule has 0 aromatic carbocycles. The highest BCUT2D eigenvalue weighted by Crippen LogP contribution is 2.13. The Hall–Kier alpha value is -0.740. The van der Waals surface area contributed by atoms with Gasteiger partial charge in [0.15, 0.2) is 0 Å². The third-order valence-corrected chi connectivity index (χ3v) is 0.959. The molecule has 62 valence electrons. The molecule has 0 saturated heterocycles. The van der Waals surface area contributed by atoms with Gasteiger partial charge < -0.3 is 5.11 Å². The summed E-state index contributed by atoms with van der Waals surface area (Å²) in [6.45, 7) is 7.96. The molecular weight excluding hydrogens is 136 g/mol. The Morgan fingerprint density at radius 1 is 1.36 bits per heavy atom. The smallest absolute Gasteiger partial charge is 0.112 e. The van der Waals surface area contributed by atoms with Crippen LogP contribution in [0.15, 0.2) is 12.2 Å². The van der Waals surface area contributed by atoms with Gasteiger partial charge in [0.25, 0.3) is 0 Å². The fourth-order valence-electron chi connectivity index (χ4n) is 0.460. The van der Waals surface area contributed by atoms with E-state index in [1.165, 1.54) is 0 Å². The molecule has 1 atom stereocenters. The van der Waals surface area contributed by atoms with E-state index in [2.05, 4.69) is 32.6 Å². The molecule has 0 amide bonds. The SMILES string of the molecule is CC(O)C#CC=CC(C)(C)C. The van der Waals surface area contributed by atoms with Crippen molar-refractivity contribution >= 4 is 0 Å². The van der Waals surface area contributed by atoms with Gasteiger partial charge in [-0.3, -0.25) is 0 Å². The first kappa shape index (κ1) is 10.3. The highest BCUT2D eigenvalue weighted by molar-refractivity contribution is 5.18. The van der Waals surface area contributed by atoms with Gasteiger partial charge in [0.05, 0.1) is 0 Å². The maximum Gasteiger partial charge on any atom is 0.112 e. The number of aliphatic hydroxyl groups excluding tert-OH is 1. The number of rotatable bonds is 0. The second kappa shape index (κ2) is 4.20. The van der Waals surface area contributed by atoms with Crippen molar-refractivity contribution in [3.05, 3.63) is 12.2 Å². The second-order valence-corrected chi connectivity index (χ2v) is 3.66. The van der Waals surface area contributed by atoms with Gasteiger partial charge in [0.1, 0.15) is 6.10 Å². The zero-order valence-electron chi connectivity index (χ0n) is 7.68. The Kier molecular flexibility index (Phi) is 3.92. The van der Waals surface area contributed by atoms with E-state index in [9.17, 15) is 0 Å². The molecule has 0 aliphatic heterocycles. The van der Waals surface area contributed by atoms with Crippen LogP contribution >= 0.6 is 0 Å². The van der Waals surface area contributed by atoms with Crippen molar-refractivity contribution in [1.29, 1.82) is 0 Å². The lowest BCUT2D eigenvalue weighted by molar-refractivity contribution is 0.253. The summed E-state index contributed by atoms with van der Waals surface area (Å²) in [5, 5.41) is 8.77. The summed E-state index contributed by atoms with van der Waals surface area (Å²) in [5.41, 5.74) is 0.174. The van der Waals surface area contributed by atoms with Gasteiger partial charge in [0.2, 0.25) is 0 Å². The Morgan fingerprint density at radius 2 is 1.91 bits per heavy atom. The lowest BCUT2D eigenvalue weighted by Crippen LogP contribution is -1.98. The van der Waals surface area contributed by atoms with Crippen molar-refractivity contribution in [1.82, 2.24) is 0 Å². The minimum Gasteiger partial charge on any atom is -0.381 e. The minimum atomic E-state index is -0.528. The molecular formula is C10H16O. The molecule has 1 heteroatoms. The van der Waals surface area contributed by atoms with Crippen LogP contribution in [0.5, 0.6) is 0 Å². The molecule has 0 fully saturated rings. The Labute approximate surface area is 69.1 Å². The zero-order chi connectivity index (χ0) is 8.91.